The number of H-pyrrole nitrogens is 1. The van der Waals surface area contributed by atoms with Crippen molar-refractivity contribution in [3.05, 3.63) is 27.9 Å². The van der Waals surface area contributed by atoms with Crippen molar-refractivity contribution < 1.29 is 19.1 Å². The minimum absolute atomic E-state index is 0.00613. The Labute approximate surface area is 121 Å². The molecule has 2 N–H and O–H groups in total. The second kappa shape index (κ2) is 4.37. The molecule has 0 radical (unpaired) electrons. The molecule has 3 rings (SSSR count). The average molecular weight is 341 g/mol. The van der Waals surface area contributed by atoms with E-state index in [0.29, 0.717) is 16.0 Å². The number of nitrogens with one attached hydrogen (secondary N) is 1. The van der Waals surface area contributed by atoms with E-state index in [-0.39, 0.29) is 22.6 Å². The number of aromatic nitrogens is 2. The van der Waals surface area contributed by atoms with Crippen molar-refractivity contribution in [2.24, 2.45) is 5.92 Å². The molecule has 2 aromatic rings. The molecule has 0 aromatic carbocycles. The quantitative estimate of drug-likeness (QED) is 0.511. The van der Waals surface area contributed by atoms with Gasteiger partial charge in [-0.25, -0.2) is 14.2 Å². The fourth-order valence-corrected chi connectivity index (χ4v) is 2.90. The molecular weight excluding hydrogens is 331 g/mol. The number of carbonyl (C=O) groups is 2. The summed E-state index contributed by atoms with van der Waals surface area (Å²) in [7, 11) is 0. The molecule has 1 aliphatic rings. The highest BCUT2D eigenvalue weighted by atomic mass is 79.9. The Bertz CT molecular complexity index is 756. The molecule has 1 aliphatic carbocycles. The van der Waals surface area contributed by atoms with E-state index >= 15 is 0 Å². The van der Waals surface area contributed by atoms with Crippen LogP contribution >= 0.6 is 15.9 Å². The van der Waals surface area contributed by atoms with Gasteiger partial charge in [0.15, 0.2) is 5.82 Å². The molecule has 2 aromatic heterocycles. The number of carboxylic acids is 1. The Morgan fingerprint density at radius 1 is 1.55 bits per heavy atom. The van der Waals surface area contributed by atoms with Gasteiger partial charge in [0.05, 0.1) is 22.2 Å². The van der Waals surface area contributed by atoms with Gasteiger partial charge >= 0.3 is 5.97 Å². The first kappa shape index (κ1) is 13.2. The molecule has 2 heterocycles. The highest BCUT2D eigenvalue weighted by Gasteiger charge is 2.39. The summed E-state index contributed by atoms with van der Waals surface area (Å²) in [5.41, 5.74) is 0.405. The minimum Gasteiger partial charge on any atom is -0.475 e. The van der Waals surface area contributed by atoms with E-state index in [9.17, 15) is 14.0 Å². The number of ketones is 1. The second-order valence-corrected chi connectivity index (χ2v) is 5.76. The summed E-state index contributed by atoms with van der Waals surface area (Å²) in [5, 5.41) is 8.79. The Hall–Kier alpha value is -1.76. The van der Waals surface area contributed by atoms with Gasteiger partial charge in [-0.05, 0) is 28.3 Å². The lowest BCUT2D eigenvalue weighted by atomic mass is 10.1. The summed E-state index contributed by atoms with van der Waals surface area (Å²) in [6.45, 7) is 1.99. The predicted octanol–water partition coefficient (Wildman–Crippen LogP) is 2.86. The number of hydrogen-bond acceptors (Lipinski definition) is 3. The van der Waals surface area contributed by atoms with Crippen molar-refractivity contribution in [1.82, 2.24) is 9.97 Å². The van der Waals surface area contributed by atoms with Gasteiger partial charge < -0.3 is 10.1 Å². The first-order valence-electron chi connectivity index (χ1n) is 6.05. The number of aliphatic carboxylic acids is 1. The zero-order chi connectivity index (χ0) is 14.6. The Morgan fingerprint density at radius 3 is 2.75 bits per heavy atom. The maximum absolute atomic E-state index is 14.6. The molecule has 0 spiro atoms. The molecule has 1 fully saturated rings. The number of aromatic amines is 1. The van der Waals surface area contributed by atoms with Crippen molar-refractivity contribution >= 4 is 38.6 Å². The van der Waals surface area contributed by atoms with Gasteiger partial charge in [0.1, 0.15) is 4.60 Å². The number of carboxylic acid groups (broad SMARTS) is 1. The lowest BCUT2D eigenvalue weighted by Gasteiger charge is -2.05. The molecule has 0 saturated heterocycles. The summed E-state index contributed by atoms with van der Waals surface area (Å²) in [6, 6.07) is 0. The summed E-state index contributed by atoms with van der Waals surface area (Å²) < 4.78 is 15.0. The lowest BCUT2D eigenvalue weighted by Crippen LogP contribution is -2.12. The second-order valence-electron chi connectivity index (χ2n) is 5.01. The van der Waals surface area contributed by atoms with Gasteiger partial charge in [0.2, 0.25) is 0 Å². The molecular formula is C13H10BrFN2O3. The van der Waals surface area contributed by atoms with E-state index in [1.165, 1.54) is 6.20 Å². The SMILES string of the molecule is CC1C[C@@H]1c1nc(Br)c2[nH]cc(C(=O)C(=O)O)c2c1F. The predicted molar refractivity (Wildman–Crippen MR) is 72.2 cm³/mol. The van der Waals surface area contributed by atoms with Gasteiger partial charge in [0, 0.05) is 12.1 Å². The Balaban J connectivity index is 2.27. The van der Waals surface area contributed by atoms with E-state index in [1.807, 2.05) is 6.92 Å². The molecule has 0 bridgehead atoms. The first-order valence-corrected chi connectivity index (χ1v) is 6.84. The van der Waals surface area contributed by atoms with Crippen LogP contribution in [0.5, 0.6) is 0 Å². The Morgan fingerprint density at radius 2 is 2.20 bits per heavy atom. The number of hydrogen-bond donors (Lipinski definition) is 2. The van der Waals surface area contributed by atoms with E-state index in [4.69, 9.17) is 5.11 Å². The number of pyridine rings is 1. The number of Topliss-reactive ketones (excluding diaryl/α,β-unsaturated/α-hetero) is 1. The standard InChI is InChI=1S/C13H10BrFN2O3/c1-4-2-5(4)9-8(15)7-6(11(18)13(19)20)3-16-10(7)12(14)17-9/h3-5,16H,2H2,1H3,(H,19,20)/t4?,5-/m0/s1. The Kier molecular flexibility index (Phi) is 2.89. The maximum Gasteiger partial charge on any atom is 0.377 e. The third kappa shape index (κ3) is 1.84. The van der Waals surface area contributed by atoms with Gasteiger partial charge in [-0.15, -0.1) is 0 Å². The minimum atomic E-state index is -1.61. The summed E-state index contributed by atoms with van der Waals surface area (Å²) >= 11 is 3.23. The third-order valence-corrected chi connectivity index (χ3v) is 4.22. The lowest BCUT2D eigenvalue weighted by molar-refractivity contribution is -0.131. The largest absolute Gasteiger partial charge is 0.475 e. The molecule has 20 heavy (non-hydrogen) atoms. The summed E-state index contributed by atoms with van der Waals surface area (Å²) in [5.74, 6) is -2.98. The van der Waals surface area contributed by atoms with Crippen LogP contribution in [0.1, 0.15) is 35.3 Å². The van der Waals surface area contributed by atoms with Gasteiger partial charge in [0.25, 0.3) is 5.78 Å². The topological polar surface area (TPSA) is 83.0 Å². The van der Waals surface area contributed by atoms with Crippen LogP contribution in [0.4, 0.5) is 4.39 Å². The van der Waals surface area contributed by atoms with E-state index in [2.05, 4.69) is 25.9 Å². The number of nitrogens with zero attached hydrogens (tertiary/aromatic N) is 1. The van der Waals surface area contributed by atoms with Crippen LogP contribution < -0.4 is 0 Å². The zero-order valence-corrected chi connectivity index (χ0v) is 12.0. The van der Waals surface area contributed by atoms with E-state index in [0.717, 1.165) is 6.42 Å². The number of carbonyl (C=O) groups excluding carboxylic acids is 1. The van der Waals surface area contributed by atoms with Crippen molar-refractivity contribution in [1.29, 1.82) is 0 Å². The third-order valence-electron chi connectivity index (χ3n) is 3.65. The first-order chi connectivity index (χ1) is 9.41. The molecule has 2 atom stereocenters. The molecule has 0 aliphatic heterocycles. The van der Waals surface area contributed by atoms with Gasteiger partial charge in [-0.3, -0.25) is 4.79 Å². The van der Waals surface area contributed by atoms with E-state index < -0.39 is 17.6 Å². The molecule has 7 heteroatoms. The van der Waals surface area contributed by atoms with Crippen LogP contribution in [0.2, 0.25) is 0 Å². The van der Waals surface area contributed by atoms with Gasteiger partial charge in [-0.1, -0.05) is 6.92 Å². The molecule has 5 nitrogen and oxygen atoms in total. The zero-order valence-electron chi connectivity index (χ0n) is 10.4. The fraction of sp³-hybridized carbons (Fsp3) is 0.308. The van der Waals surface area contributed by atoms with Crippen molar-refractivity contribution in [3.63, 3.8) is 0 Å². The molecule has 1 saturated carbocycles. The highest BCUT2D eigenvalue weighted by Crippen LogP contribution is 2.48. The van der Waals surface area contributed by atoms with E-state index in [1.54, 1.807) is 0 Å². The monoisotopic (exact) mass is 340 g/mol. The number of fused-ring (bicyclic) bond motifs is 1. The number of rotatable bonds is 3. The van der Waals surface area contributed by atoms with Crippen LogP contribution in [0.25, 0.3) is 10.9 Å². The van der Waals surface area contributed by atoms with Crippen LogP contribution in [0, 0.1) is 11.7 Å². The number of halogens is 2. The van der Waals surface area contributed by atoms with Crippen LogP contribution in [-0.4, -0.2) is 26.8 Å². The van der Waals surface area contributed by atoms with Crippen LogP contribution in [-0.2, 0) is 4.79 Å². The van der Waals surface area contributed by atoms with Crippen LogP contribution in [0.3, 0.4) is 0 Å². The van der Waals surface area contributed by atoms with Crippen molar-refractivity contribution in [2.75, 3.05) is 0 Å². The normalized spacial score (nSPS) is 21.1. The van der Waals surface area contributed by atoms with Crippen molar-refractivity contribution in [3.8, 4) is 0 Å². The maximum atomic E-state index is 14.6. The van der Waals surface area contributed by atoms with Gasteiger partial charge in [-0.2, -0.15) is 0 Å². The van der Waals surface area contributed by atoms with Crippen LogP contribution in [0.15, 0.2) is 10.8 Å². The summed E-state index contributed by atoms with van der Waals surface area (Å²) in [6.07, 6.45) is 2.05. The fourth-order valence-electron chi connectivity index (χ4n) is 2.40. The molecule has 1 unspecified atom stereocenters. The highest BCUT2D eigenvalue weighted by molar-refractivity contribution is 9.10. The smallest absolute Gasteiger partial charge is 0.377 e. The molecule has 0 amide bonds. The summed E-state index contributed by atoms with van der Waals surface area (Å²) in [4.78, 5) is 29.3. The van der Waals surface area contributed by atoms with Crippen molar-refractivity contribution in [2.45, 2.75) is 19.3 Å². The average Bonchev–Trinajstić information content (AvgIpc) is 2.95. The molecule has 104 valence electrons.